The molecule has 1 saturated heterocycles. The topological polar surface area (TPSA) is 46.6 Å². The van der Waals surface area contributed by atoms with E-state index in [1.165, 1.54) is 31.2 Å². The highest BCUT2D eigenvalue weighted by Crippen LogP contribution is 2.31. The first-order valence-corrected chi connectivity index (χ1v) is 10.6. The molecule has 5 heteroatoms. The summed E-state index contributed by atoms with van der Waals surface area (Å²) in [7, 11) is 0. The Hall–Kier alpha value is -2.27. The molecule has 0 atom stereocenters. The van der Waals surface area contributed by atoms with Gasteiger partial charge in [0.15, 0.2) is 11.5 Å². The summed E-state index contributed by atoms with van der Waals surface area (Å²) in [5.74, 6) is 2.77. The lowest BCUT2D eigenvalue weighted by Crippen LogP contribution is -2.25. The molecule has 0 spiro atoms. The maximum absolute atomic E-state index is 5.85. The zero-order chi connectivity index (χ0) is 19.6. The van der Waals surface area contributed by atoms with Crippen LogP contribution in [0.15, 0.2) is 36.5 Å². The van der Waals surface area contributed by atoms with E-state index in [4.69, 9.17) is 9.47 Å². The van der Waals surface area contributed by atoms with Gasteiger partial charge in [0, 0.05) is 37.9 Å². The molecule has 2 aromatic rings. The summed E-state index contributed by atoms with van der Waals surface area (Å²) < 4.78 is 11.6. The maximum Gasteiger partial charge on any atom is 0.165 e. The van der Waals surface area contributed by atoms with Crippen LogP contribution in [0.2, 0.25) is 0 Å². The molecule has 1 aliphatic heterocycles. The zero-order valence-corrected chi connectivity index (χ0v) is 17.2. The molecule has 1 fully saturated rings. The van der Waals surface area contributed by atoms with Gasteiger partial charge in [-0.15, -0.1) is 0 Å². The van der Waals surface area contributed by atoms with Crippen molar-refractivity contribution in [3.8, 4) is 11.5 Å². The quantitative estimate of drug-likeness (QED) is 0.688. The number of hydrogen-bond acceptors (Lipinski definition) is 5. The Balaban J connectivity index is 1.62. The van der Waals surface area contributed by atoms with Crippen molar-refractivity contribution in [3.05, 3.63) is 47.7 Å². The van der Waals surface area contributed by atoms with Gasteiger partial charge in [0.2, 0.25) is 0 Å². The van der Waals surface area contributed by atoms with Gasteiger partial charge in [0.1, 0.15) is 5.82 Å². The average Bonchev–Trinajstić information content (AvgIpc) is 3.00. The molecular formula is C23H33N3O2. The molecule has 0 unspecified atom stereocenters. The Kier molecular flexibility index (Phi) is 7.97. The van der Waals surface area contributed by atoms with Crippen molar-refractivity contribution in [3.63, 3.8) is 0 Å². The molecule has 0 radical (unpaired) electrons. The number of nitrogens with one attached hydrogen (secondary N) is 1. The monoisotopic (exact) mass is 383 g/mol. The highest BCUT2D eigenvalue weighted by molar-refractivity contribution is 5.47. The summed E-state index contributed by atoms with van der Waals surface area (Å²) >= 11 is 0. The molecular weight excluding hydrogens is 350 g/mol. The van der Waals surface area contributed by atoms with Gasteiger partial charge in [-0.2, -0.15) is 0 Å². The summed E-state index contributed by atoms with van der Waals surface area (Å²) in [6, 6.07) is 10.4. The second-order valence-electron chi connectivity index (χ2n) is 7.14. The highest BCUT2D eigenvalue weighted by Gasteiger charge is 2.12. The highest BCUT2D eigenvalue weighted by atomic mass is 16.5. The number of pyridine rings is 1. The lowest BCUT2D eigenvalue weighted by Gasteiger charge is -2.22. The van der Waals surface area contributed by atoms with Gasteiger partial charge in [-0.05, 0) is 50.5 Å². The predicted octanol–water partition coefficient (Wildman–Crippen LogP) is 4.55. The molecule has 1 aliphatic rings. The molecule has 1 N–H and O–H groups in total. The first kappa shape index (κ1) is 20.5. The number of nitrogens with zero attached hydrogens (tertiary/aromatic N) is 2. The fourth-order valence-electron chi connectivity index (χ4n) is 3.66. The maximum atomic E-state index is 5.85. The minimum Gasteiger partial charge on any atom is -0.490 e. The van der Waals surface area contributed by atoms with Crippen LogP contribution < -0.4 is 19.7 Å². The number of anilines is 1. The molecule has 1 aromatic carbocycles. The molecule has 28 heavy (non-hydrogen) atoms. The molecule has 152 valence electrons. The van der Waals surface area contributed by atoms with Crippen molar-refractivity contribution >= 4 is 5.82 Å². The van der Waals surface area contributed by atoms with Crippen molar-refractivity contribution in [2.45, 2.75) is 52.6 Å². The molecule has 0 amide bonds. The zero-order valence-electron chi connectivity index (χ0n) is 17.2. The summed E-state index contributed by atoms with van der Waals surface area (Å²) in [4.78, 5) is 7.03. The number of rotatable bonds is 9. The van der Waals surface area contributed by atoms with E-state index in [9.17, 15) is 0 Å². The first-order valence-electron chi connectivity index (χ1n) is 10.6. The lowest BCUT2D eigenvalue weighted by molar-refractivity contribution is 0.284. The molecule has 0 aliphatic carbocycles. The van der Waals surface area contributed by atoms with E-state index < -0.39 is 0 Å². The summed E-state index contributed by atoms with van der Waals surface area (Å²) in [5.41, 5.74) is 2.38. The molecule has 3 rings (SSSR count). The van der Waals surface area contributed by atoms with Crippen molar-refractivity contribution in [1.29, 1.82) is 0 Å². The SMILES string of the molecule is CCOc1cccc(CNCc2ccnc(N3CCCCCC3)c2)c1OCC. The summed E-state index contributed by atoms with van der Waals surface area (Å²) in [5, 5.41) is 3.55. The van der Waals surface area contributed by atoms with Crippen molar-refractivity contribution in [2.24, 2.45) is 0 Å². The fourth-order valence-corrected chi connectivity index (χ4v) is 3.66. The number of ether oxygens (including phenoxy) is 2. The standard InChI is InChI=1S/C23H33N3O2/c1-3-27-21-11-9-10-20(23(21)28-4-2)18-24-17-19-12-13-25-22(16-19)26-14-7-5-6-8-15-26/h9-13,16,24H,3-8,14-15,17-18H2,1-2H3. The van der Waals surface area contributed by atoms with E-state index in [1.54, 1.807) is 0 Å². The number of hydrogen-bond donors (Lipinski definition) is 1. The van der Waals surface area contributed by atoms with Crippen LogP contribution in [-0.4, -0.2) is 31.3 Å². The molecule has 1 aromatic heterocycles. The van der Waals surface area contributed by atoms with Crippen LogP contribution in [0, 0.1) is 0 Å². The van der Waals surface area contributed by atoms with Gasteiger partial charge >= 0.3 is 0 Å². The van der Waals surface area contributed by atoms with Crippen LogP contribution in [0.25, 0.3) is 0 Å². The minimum absolute atomic E-state index is 0.626. The van der Waals surface area contributed by atoms with Gasteiger partial charge in [0.25, 0.3) is 0 Å². The third-order valence-corrected chi connectivity index (χ3v) is 5.03. The fraction of sp³-hybridized carbons (Fsp3) is 0.522. The van der Waals surface area contributed by atoms with E-state index in [0.717, 1.165) is 49.1 Å². The van der Waals surface area contributed by atoms with Crippen LogP contribution >= 0.6 is 0 Å². The number of para-hydroxylation sites is 1. The number of aromatic nitrogens is 1. The van der Waals surface area contributed by atoms with Crippen LogP contribution in [0.4, 0.5) is 5.82 Å². The lowest BCUT2D eigenvalue weighted by atomic mass is 10.1. The summed E-state index contributed by atoms with van der Waals surface area (Å²) in [6.07, 6.45) is 7.13. The Morgan fingerprint density at radius 2 is 1.75 bits per heavy atom. The van der Waals surface area contributed by atoms with Crippen LogP contribution in [0.5, 0.6) is 11.5 Å². The van der Waals surface area contributed by atoms with Gasteiger partial charge in [0.05, 0.1) is 13.2 Å². The van der Waals surface area contributed by atoms with E-state index in [1.807, 2.05) is 32.2 Å². The third-order valence-electron chi connectivity index (χ3n) is 5.03. The van der Waals surface area contributed by atoms with Crippen molar-refractivity contribution in [1.82, 2.24) is 10.3 Å². The average molecular weight is 384 g/mol. The van der Waals surface area contributed by atoms with Gasteiger partial charge in [-0.1, -0.05) is 25.0 Å². The Morgan fingerprint density at radius 1 is 0.964 bits per heavy atom. The molecule has 0 bridgehead atoms. The van der Waals surface area contributed by atoms with Gasteiger partial charge < -0.3 is 19.7 Å². The van der Waals surface area contributed by atoms with Gasteiger partial charge in [-0.25, -0.2) is 4.98 Å². The van der Waals surface area contributed by atoms with E-state index in [0.29, 0.717) is 13.2 Å². The molecule has 0 saturated carbocycles. The van der Waals surface area contributed by atoms with E-state index >= 15 is 0 Å². The van der Waals surface area contributed by atoms with Crippen molar-refractivity contribution in [2.75, 3.05) is 31.2 Å². The first-order chi connectivity index (χ1) is 13.8. The number of benzene rings is 1. The predicted molar refractivity (Wildman–Crippen MR) is 114 cm³/mol. The molecule has 2 heterocycles. The Morgan fingerprint density at radius 3 is 2.50 bits per heavy atom. The van der Waals surface area contributed by atoms with E-state index in [2.05, 4.69) is 33.4 Å². The van der Waals surface area contributed by atoms with Crippen LogP contribution in [0.3, 0.4) is 0 Å². The van der Waals surface area contributed by atoms with Crippen molar-refractivity contribution < 1.29 is 9.47 Å². The largest absolute Gasteiger partial charge is 0.490 e. The van der Waals surface area contributed by atoms with Crippen LogP contribution in [-0.2, 0) is 13.1 Å². The smallest absolute Gasteiger partial charge is 0.165 e. The van der Waals surface area contributed by atoms with E-state index in [-0.39, 0.29) is 0 Å². The Bertz CT molecular complexity index is 728. The second kappa shape index (κ2) is 10.9. The second-order valence-corrected chi connectivity index (χ2v) is 7.14. The minimum atomic E-state index is 0.626. The summed E-state index contributed by atoms with van der Waals surface area (Å²) in [6.45, 7) is 9.02. The third kappa shape index (κ3) is 5.61. The normalized spacial score (nSPS) is 14.6. The van der Waals surface area contributed by atoms with Crippen LogP contribution in [0.1, 0.15) is 50.7 Å². The van der Waals surface area contributed by atoms with Gasteiger partial charge in [-0.3, -0.25) is 0 Å². The Labute approximate surface area is 169 Å². The molecule has 5 nitrogen and oxygen atoms in total.